The van der Waals surface area contributed by atoms with Crippen LogP contribution in [0.1, 0.15) is 67.5 Å². The van der Waals surface area contributed by atoms with Crippen molar-refractivity contribution in [2.45, 2.75) is 23.9 Å². The number of hydrogen-bond donors (Lipinski definition) is 0. The van der Waals surface area contributed by atoms with Crippen LogP contribution in [0.3, 0.4) is 0 Å². The number of ketones is 2. The zero-order chi connectivity index (χ0) is 41.2. The number of Topliss-reactive ketones (excluding diaryl/α,β-unsaturated/α-hetero) is 2. The Morgan fingerprint density at radius 2 is 0.683 bits per heavy atom. The molecular weight excluding hydrogens is 772 g/mol. The molecule has 0 saturated heterocycles. The summed E-state index contributed by atoms with van der Waals surface area (Å²) in [4.78, 5) is 35.6. The Kier molecular flexibility index (Phi) is 12.1. The standard InChI is InChI=1S/C48H40N6O5P/c55-43(45-49-35-53(51-45)47(37-19-7-1-8-20-37,38-21-9-2-10-22-38)39-23-11-3-12-24-39)31-33-58-60(57)59-34-32-44(56)46-50-36-54(52-46)48(40-25-13-4-14-26-40,41-27-15-5-16-28-41)42-29-17-6-18-30-42/h1-30,35-36H,31-34H2/q+1. The van der Waals surface area contributed by atoms with Crippen molar-refractivity contribution in [3.8, 4) is 0 Å². The third-order valence-corrected chi connectivity index (χ3v) is 11.2. The average molecular weight is 812 g/mol. The Morgan fingerprint density at radius 1 is 0.433 bits per heavy atom. The molecule has 12 heteroatoms. The van der Waals surface area contributed by atoms with Gasteiger partial charge in [0.1, 0.15) is 36.9 Å². The van der Waals surface area contributed by atoms with Crippen LogP contribution >= 0.6 is 8.25 Å². The summed E-state index contributed by atoms with van der Waals surface area (Å²) in [7, 11) is -2.63. The van der Waals surface area contributed by atoms with Gasteiger partial charge in [-0.3, -0.25) is 9.59 Å². The van der Waals surface area contributed by atoms with Crippen LogP contribution in [-0.4, -0.2) is 54.3 Å². The minimum atomic E-state index is -2.63. The van der Waals surface area contributed by atoms with Gasteiger partial charge in [0.15, 0.2) is 0 Å². The lowest BCUT2D eigenvalue weighted by molar-refractivity contribution is 0.0943. The van der Waals surface area contributed by atoms with Gasteiger partial charge in [0.2, 0.25) is 23.2 Å². The van der Waals surface area contributed by atoms with Gasteiger partial charge in [-0.15, -0.1) is 19.2 Å². The van der Waals surface area contributed by atoms with Gasteiger partial charge in [-0.05, 0) is 33.4 Å². The molecule has 0 unspecified atom stereocenters. The van der Waals surface area contributed by atoms with Crippen molar-refractivity contribution < 1.29 is 23.2 Å². The van der Waals surface area contributed by atoms with Crippen LogP contribution in [0.15, 0.2) is 195 Å². The van der Waals surface area contributed by atoms with E-state index in [0.29, 0.717) is 0 Å². The molecule has 0 aliphatic rings. The van der Waals surface area contributed by atoms with E-state index < -0.39 is 30.9 Å². The molecule has 0 radical (unpaired) electrons. The highest BCUT2D eigenvalue weighted by atomic mass is 31.1. The van der Waals surface area contributed by atoms with Crippen molar-refractivity contribution in [2.75, 3.05) is 13.2 Å². The summed E-state index contributed by atoms with van der Waals surface area (Å²) in [5.41, 5.74) is 3.76. The van der Waals surface area contributed by atoms with Crippen molar-refractivity contribution in [1.29, 1.82) is 0 Å². The molecule has 2 heterocycles. The maximum absolute atomic E-state index is 13.4. The normalized spacial score (nSPS) is 11.6. The third kappa shape index (κ3) is 7.89. The number of aromatic nitrogens is 6. The Balaban J connectivity index is 0.914. The summed E-state index contributed by atoms with van der Waals surface area (Å²) in [5.74, 6) is -0.796. The van der Waals surface area contributed by atoms with E-state index >= 15 is 0 Å². The lowest BCUT2D eigenvalue weighted by Crippen LogP contribution is -2.38. The predicted octanol–water partition coefficient (Wildman–Crippen LogP) is 9.09. The van der Waals surface area contributed by atoms with Crippen molar-refractivity contribution in [3.05, 3.63) is 240 Å². The number of carbonyl (C=O) groups excluding carboxylic acids is 2. The fourth-order valence-electron chi connectivity index (χ4n) is 7.66. The van der Waals surface area contributed by atoms with Crippen molar-refractivity contribution in [3.63, 3.8) is 0 Å². The smallest absolute Gasteiger partial charge is 0.290 e. The Bertz CT molecular complexity index is 2280. The van der Waals surface area contributed by atoms with Gasteiger partial charge in [-0.2, -0.15) is 0 Å². The molecule has 6 aromatic carbocycles. The molecule has 0 N–H and O–H groups in total. The average Bonchev–Trinajstić information content (AvgIpc) is 4.02. The molecule has 0 spiro atoms. The summed E-state index contributed by atoms with van der Waals surface area (Å²) in [6, 6.07) is 59.6. The third-order valence-electron chi connectivity index (χ3n) is 10.4. The zero-order valence-electron chi connectivity index (χ0n) is 32.5. The van der Waals surface area contributed by atoms with Gasteiger partial charge in [0.25, 0.3) is 0 Å². The molecule has 60 heavy (non-hydrogen) atoms. The van der Waals surface area contributed by atoms with E-state index in [-0.39, 0.29) is 37.7 Å². The van der Waals surface area contributed by atoms with Crippen LogP contribution in [0.25, 0.3) is 0 Å². The maximum Gasteiger partial charge on any atom is 0.697 e. The summed E-state index contributed by atoms with van der Waals surface area (Å²) < 4.78 is 26.8. The summed E-state index contributed by atoms with van der Waals surface area (Å²) >= 11 is 0. The van der Waals surface area contributed by atoms with Crippen LogP contribution in [0.5, 0.6) is 0 Å². The molecule has 0 bridgehead atoms. The largest absolute Gasteiger partial charge is 0.697 e. The lowest BCUT2D eigenvalue weighted by atomic mass is 9.77. The molecule has 11 nitrogen and oxygen atoms in total. The number of carbonyl (C=O) groups is 2. The Morgan fingerprint density at radius 3 is 0.933 bits per heavy atom. The number of rotatable bonds is 18. The minimum Gasteiger partial charge on any atom is -0.290 e. The first-order chi connectivity index (χ1) is 29.5. The summed E-state index contributed by atoms with van der Waals surface area (Å²) in [6.07, 6.45) is 2.83. The van der Waals surface area contributed by atoms with Gasteiger partial charge < -0.3 is 0 Å². The highest BCUT2D eigenvalue weighted by Gasteiger charge is 2.41. The fourth-order valence-corrected chi connectivity index (χ4v) is 8.22. The van der Waals surface area contributed by atoms with Crippen molar-refractivity contribution >= 4 is 19.8 Å². The van der Waals surface area contributed by atoms with Gasteiger partial charge in [-0.25, -0.2) is 19.3 Å². The fraction of sp³-hybridized carbons (Fsp3) is 0.125. The maximum atomic E-state index is 13.4. The van der Waals surface area contributed by atoms with Gasteiger partial charge in [0.05, 0.1) is 0 Å². The molecule has 8 rings (SSSR count). The molecule has 0 saturated carbocycles. The zero-order valence-corrected chi connectivity index (χ0v) is 33.4. The van der Waals surface area contributed by atoms with Crippen molar-refractivity contribution in [1.82, 2.24) is 29.5 Å². The molecule has 0 fully saturated rings. The summed E-state index contributed by atoms with van der Waals surface area (Å²) in [6.45, 7) is -0.408. The second-order valence-corrected chi connectivity index (χ2v) is 14.8. The van der Waals surface area contributed by atoms with Crippen molar-refractivity contribution in [2.24, 2.45) is 0 Å². The first-order valence-electron chi connectivity index (χ1n) is 19.5. The second kappa shape index (κ2) is 18.3. The van der Waals surface area contributed by atoms with Gasteiger partial charge >= 0.3 is 8.25 Å². The van der Waals surface area contributed by atoms with Gasteiger partial charge in [-0.1, -0.05) is 182 Å². The lowest BCUT2D eigenvalue weighted by Gasteiger charge is -2.35. The quantitative estimate of drug-likeness (QED) is 0.0473. The van der Waals surface area contributed by atoms with E-state index in [2.05, 4.69) is 9.97 Å². The Hall–Kier alpha value is -7.04. The minimum absolute atomic E-state index is 0.00439. The van der Waals surface area contributed by atoms with Crippen LogP contribution in [0, 0.1) is 0 Å². The van der Waals surface area contributed by atoms with E-state index in [1.165, 1.54) is 0 Å². The van der Waals surface area contributed by atoms with Crippen LogP contribution in [0.2, 0.25) is 0 Å². The van der Waals surface area contributed by atoms with Gasteiger partial charge in [0, 0.05) is 17.4 Å². The highest BCUT2D eigenvalue weighted by Crippen LogP contribution is 2.41. The first kappa shape index (κ1) is 39.8. The van der Waals surface area contributed by atoms with E-state index in [9.17, 15) is 14.2 Å². The number of hydrogen-bond acceptors (Lipinski definition) is 9. The monoisotopic (exact) mass is 811 g/mol. The molecule has 2 aromatic heterocycles. The van der Waals surface area contributed by atoms with Crippen LogP contribution < -0.4 is 0 Å². The van der Waals surface area contributed by atoms with E-state index in [1.807, 2.05) is 182 Å². The van der Waals surface area contributed by atoms with E-state index in [1.54, 1.807) is 22.0 Å². The molecule has 296 valence electrons. The predicted molar refractivity (Wildman–Crippen MR) is 227 cm³/mol. The number of benzene rings is 6. The molecule has 0 amide bonds. The first-order valence-corrected chi connectivity index (χ1v) is 20.6. The van der Waals surface area contributed by atoms with Crippen LogP contribution in [-0.2, 0) is 24.7 Å². The SMILES string of the molecule is O=C(CCO[P+](=O)OCCC(=O)c1ncn(C(c2ccccc2)(c2ccccc2)c2ccccc2)n1)c1ncn(C(c2ccccc2)(c2ccccc2)c2ccccc2)n1. The molecule has 0 aliphatic carbocycles. The topological polar surface area (TPSA) is 131 Å². The molecule has 0 atom stereocenters. The summed E-state index contributed by atoms with van der Waals surface area (Å²) in [5, 5.41) is 9.44. The molecule has 0 aliphatic heterocycles. The molecule has 8 aromatic rings. The van der Waals surface area contributed by atoms with E-state index in [0.717, 1.165) is 33.4 Å². The second-order valence-electron chi connectivity index (χ2n) is 13.9. The molecular formula is C48H40N6O5P+. The Labute approximate surface area is 348 Å². The number of nitrogens with zero attached hydrogens (tertiary/aromatic N) is 6. The van der Waals surface area contributed by atoms with E-state index in [4.69, 9.17) is 19.2 Å². The van der Waals surface area contributed by atoms with Crippen LogP contribution in [0.4, 0.5) is 0 Å². The highest BCUT2D eigenvalue weighted by molar-refractivity contribution is 7.33.